The number of nitrogens with zero attached hydrogens (tertiary/aromatic N) is 2. The molecule has 218 valence electrons. The fourth-order valence-corrected chi connectivity index (χ4v) is 4.44. The van der Waals surface area contributed by atoms with E-state index in [1.807, 2.05) is 0 Å². The number of hydrogen-bond donors (Lipinski definition) is 9. The van der Waals surface area contributed by atoms with Crippen molar-refractivity contribution < 1.29 is 34.2 Å². The summed E-state index contributed by atoms with van der Waals surface area (Å²) in [5, 5.41) is 26.3. The van der Waals surface area contributed by atoms with E-state index in [-0.39, 0.29) is 18.6 Å². The Morgan fingerprint density at radius 2 is 1.82 bits per heavy atom. The number of aliphatic hydroxyl groups excluding tert-OH is 1. The van der Waals surface area contributed by atoms with Crippen molar-refractivity contribution in [2.24, 2.45) is 11.5 Å². The molecular weight excluding hydrogens is 532 g/mol. The highest BCUT2D eigenvalue weighted by molar-refractivity contribution is 7.80. The Morgan fingerprint density at radius 1 is 1.13 bits per heavy atom. The van der Waals surface area contributed by atoms with Crippen LogP contribution in [0, 0.1) is 0 Å². The lowest BCUT2D eigenvalue weighted by atomic mass is 10.1. The van der Waals surface area contributed by atoms with Crippen LogP contribution in [-0.2, 0) is 30.4 Å². The maximum atomic E-state index is 13.0. The molecule has 1 aromatic heterocycles. The third-order valence-corrected chi connectivity index (χ3v) is 6.71. The largest absolute Gasteiger partial charge is 0.480 e. The monoisotopic (exact) mass is 570 g/mol. The number of nitrogens with two attached hydrogens (primary N) is 2. The van der Waals surface area contributed by atoms with Gasteiger partial charge in [-0.15, -0.1) is 0 Å². The molecule has 0 aromatic carbocycles. The van der Waals surface area contributed by atoms with Crippen LogP contribution >= 0.6 is 12.6 Å². The molecule has 4 amide bonds. The Kier molecular flexibility index (Phi) is 13.1. The highest BCUT2D eigenvalue weighted by Gasteiger charge is 2.38. The van der Waals surface area contributed by atoms with Crippen molar-refractivity contribution >= 4 is 42.2 Å². The first-order valence-electron chi connectivity index (χ1n) is 12.7. The van der Waals surface area contributed by atoms with Crippen molar-refractivity contribution in [1.29, 1.82) is 0 Å². The highest BCUT2D eigenvalue weighted by atomic mass is 32.1. The average molecular weight is 571 g/mol. The van der Waals surface area contributed by atoms with E-state index in [1.165, 1.54) is 11.2 Å². The molecule has 0 spiro atoms. The lowest BCUT2D eigenvalue weighted by Gasteiger charge is -2.28. The normalized spacial score (nSPS) is 18.1. The minimum absolute atomic E-state index is 0.156. The zero-order valence-electron chi connectivity index (χ0n) is 21.5. The number of carboxylic acid groups (broad SMARTS) is 1. The van der Waals surface area contributed by atoms with Crippen LogP contribution in [0.15, 0.2) is 12.5 Å². The molecule has 0 radical (unpaired) electrons. The second kappa shape index (κ2) is 16.0. The van der Waals surface area contributed by atoms with Crippen LogP contribution in [0.1, 0.15) is 37.8 Å². The molecule has 0 aliphatic carbocycles. The zero-order chi connectivity index (χ0) is 28.9. The molecule has 2 heterocycles. The van der Waals surface area contributed by atoms with E-state index < -0.39 is 66.4 Å². The highest BCUT2D eigenvalue weighted by Crippen LogP contribution is 2.19. The van der Waals surface area contributed by atoms with Gasteiger partial charge in [0.25, 0.3) is 0 Å². The molecule has 0 unspecified atom stereocenters. The smallest absolute Gasteiger partial charge is 0.326 e. The summed E-state index contributed by atoms with van der Waals surface area (Å²) in [7, 11) is 0. The molecule has 2 rings (SSSR count). The summed E-state index contributed by atoms with van der Waals surface area (Å²) < 4.78 is 0. The fraction of sp³-hybridized carbons (Fsp3) is 0.652. The van der Waals surface area contributed by atoms with Crippen LogP contribution in [0.25, 0.3) is 0 Å². The number of carbonyl (C=O) groups is 5. The Labute approximate surface area is 231 Å². The van der Waals surface area contributed by atoms with Crippen LogP contribution in [-0.4, -0.2) is 110 Å². The number of imidazole rings is 1. The number of aromatic nitrogens is 2. The summed E-state index contributed by atoms with van der Waals surface area (Å²) in [6.45, 7) is -0.0918. The predicted molar refractivity (Wildman–Crippen MR) is 142 cm³/mol. The number of aliphatic hydroxyl groups is 1. The Balaban J connectivity index is 1.97. The van der Waals surface area contributed by atoms with E-state index in [0.29, 0.717) is 44.5 Å². The Hall–Kier alpha value is -3.21. The molecule has 1 saturated heterocycles. The van der Waals surface area contributed by atoms with Crippen LogP contribution in [0.4, 0.5) is 0 Å². The number of rotatable bonds is 16. The molecule has 16 heteroatoms. The summed E-state index contributed by atoms with van der Waals surface area (Å²) in [5.41, 5.74) is 12.1. The van der Waals surface area contributed by atoms with E-state index in [2.05, 4.69) is 38.5 Å². The van der Waals surface area contributed by atoms with Crippen molar-refractivity contribution in [1.82, 2.24) is 30.8 Å². The van der Waals surface area contributed by atoms with Crippen LogP contribution in [0.3, 0.4) is 0 Å². The summed E-state index contributed by atoms with van der Waals surface area (Å²) >= 11 is 4.06. The standard InChI is InChI=1S/C23H38N8O7S/c24-6-2-1-4-15(23(37)38)28-20(34)17(11-39)30-19(33)16(10-32)29-21(35)18-5-3-7-31(18)22(36)14(25)8-13-9-26-12-27-13/h9,12,14-18,32,39H,1-8,10-11,24-25H2,(H,26,27)(H,28,34)(H,29,35)(H,30,33)(H,37,38)/t14-,15-,16-,17-,18-/m0/s1. The number of nitrogens with one attached hydrogen (secondary N) is 4. The van der Waals surface area contributed by atoms with E-state index >= 15 is 0 Å². The van der Waals surface area contributed by atoms with Crippen molar-refractivity contribution in [3.05, 3.63) is 18.2 Å². The maximum Gasteiger partial charge on any atom is 0.326 e. The van der Waals surface area contributed by atoms with Crippen molar-refractivity contribution in [2.45, 2.75) is 68.7 Å². The van der Waals surface area contributed by atoms with E-state index in [4.69, 9.17) is 11.5 Å². The van der Waals surface area contributed by atoms with Gasteiger partial charge >= 0.3 is 5.97 Å². The van der Waals surface area contributed by atoms with Gasteiger partial charge in [0.1, 0.15) is 24.2 Å². The molecule has 15 nitrogen and oxygen atoms in total. The minimum atomic E-state index is -1.43. The number of likely N-dealkylation sites (tertiary alicyclic amines) is 1. The van der Waals surface area contributed by atoms with Gasteiger partial charge in [-0.3, -0.25) is 19.2 Å². The molecule has 1 aliphatic heterocycles. The average Bonchev–Trinajstić information content (AvgIpc) is 3.61. The topological polar surface area (TPSA) is 246 Å². The molecule has 39 heavy (non-hydrogen) atoms. The number of hydrogen-bond acceptors (Lipinski definition) is 10. The molecule has 1 aromatic rings. The quantitative estimate of drug-likeness (QED) is 0.0714. The third-order valence-electron chi connectivity index (χ3n) is 6.34. The molecule has 5 atom stereocenters. The van der Waals surface area contributed by atoms with Crippen molar-refractivity contribution in [2.75, 3.05) is 25.4 Å². The molecule has 1 fully saturated rings. The number of thiol groups is 1. The van der Waals surface area contributed by atoms with Crippen LogP contribution < -0.4 is 27.4 Å². The minimum Gasteiger partial charge on any atom is -0.480 e. The maximum absolute atomic E-state index is 13.0. The van der Waals surface area contributed by atoms with Crippen LogP contribution in [0.2, 0.25) is 0 Å². The first-order chi connectivity index (χ1) is 18.6. The first-order valence-corrected chi connectivity index (χ1v) is 13.3. The van der Waals surface area contributed by atoms with Gasteiger partial charge in [0.05, 0.1) is 19.0 Å². The number of carbonyl (C=O) groups excluding carboxylic acids is 4. The molecule has 10 N–H and O–H groups in total. The van der Waals surface area contributed by atoms with Gasteiger partial charge in [0, 0.05) is 30.6 Å². The van der Waals surface area contributed by atoms with Gasteiger partial charge in [-0.05, 0) is 38.6 Å². The zero-order valence-corrected chi connectivity index (χ0v) is 22.4. The number of H-pyrrole nitrogens is 1. The lowest BCUT2D eigenvalue weighted by molar-refractivity contribution is -0.142. The molecule has 0 saturated carbocycles. The summed E-state index contributed by atoms with van der Waals surface area (Å²) in [6, 6.07) is -5.63. The lowest BCUT2D eigenvalue weighted by Crippen LogP contribution is -2.59. The summed E-state index contributed by atoms with van der Waals surface area (Å²) in [5.74, 6) is -4.13. The third kappa shape index (κ3) is 9.49. The molecule has 1 aliphatic rings. The molecule has 0 bridgehead atoms. The predicted octanol–water partition coefficient (Wildman–Crippen LogP) is -3.14. The Morgan fingerprint density at radius 3 is 2.41 bits per heavy atom. The number of carboxylic acids is 1. The summed E-state index contributed by atoms with van der Waals surface area (Å²) in [6.07, 6.45) is 5.34. The Bertz CT molecular complexity index is 980. The van der Waals surface area contributed by atoms with Crippen molar-refractivity contribution in [3.8, 4) is 0 Å². The second-order valence-corrected chi connectivity index (χ2v) is 9.61. The first kappa shape index (κ1) is 32.0. The van der Waals surface area contributed by atoms with Gasteiger partial charge in [-0.1, -0.05) is 0 Å². The van der Waals surface area contributed by atoms with Gasteiger partial charge in [0.15, 0.2) is 0 Å². The fourth-order valence-electron chi connectivity index (χ4n) is 4.19. The number of aliphatic carboxylic acids is 1. The SMILES string of the molecule is NCCCC[C@H](NC(=O)[C@H](CS)NC(=O)[C@H](CO)NC(=O)[C@@H]1CCCN1C(=O)[C@@H](N)Cc1cnc[nH]1)C(=O)O. The van der Waals surface area contributed by atoms with Gasteiger partial charge < -0.3 is 47.5 Å². The van der Waals surface area contributed by atoms with E-state index in [9.17, 15) is 34.2 Å². The second-order valence-electron chi connectivity index (χ2n) is 9.25. The van der Waals surface area contributed by atoms with E-state index in [0.717, 1.165) is 0 Å². The number of aromatic amines is 1. The van der Waals surface area contributed by atoms with Gasteiger partial charge in [-0.25, -0.2) is 9.78 Å². The van der Waals surface area contributed by atoms with Gasteiger partial charge in [0.2, 0.25) is 23.6 Å². The summed E-state index contributed by atoms with van der Waals surface area (Å²) in [4.78, 5) is 70.9. The van der Waals surface area contributed by atoms with Crippen molar-refractivity contribution in [3.63, 3.8) is 0 Å². The number of amides is 4. The van der Waals surface area contributed by atoms with Crippen LogP contribution in [0.5, 0.6) is 0 Å². The van der Waals surface area contributed by atoms with E-state index in [1.54, 1.807) is 6.20 Å². The van der Waals surface area contributed by atoms with Gasteiger partial charge in [-0.2, -0.15) is 12.6 Å². The number of unbranched alkanes of at least 4 members (excludes halogenated alkanes) is 1. The molecular formula is C23H38N8O7S.